The Labute approximate surface area is 760 Å². The molecule has 21 unspecified atom stereocenters. The van der Waals surface area contributed by atoms with Gasteiger partial charge in [0.2, 0.25) is 0 Å². The summed E-state index contributed by atoms with van der Waals surface area (Å²) >= 11 is 0. The SMILES string of the molecule is C.C.C.C.C.CC(C)OC(=O)C1C2CC(C1C(=O)OC(C)C)C(S(=O)(=O)O)C2.CC(C)OC(=O)C1CCC(S(=O)(=O)O)CC1C(=O)OC(C)C.CCOC(=O)C1C2CC(C1C(=O)OCC)C(S(=O)(=O)O)C2.O=C(OC1CCCCC1)C1C2CC(C1C(=O)OC1CCCCC1)C(S(=O)(=O)O)C2.O=C(OC1CCCCC1)C1CCC(S(=O)(=O)O)CC1C(=O)OC1CCCCC1. The Balaban J connectivity index is 0.000000411. The van der Waals surface area contributed by atoms with Gasteiger partial charge in [-0.25, -0.2) is 0 Å². The first kappa shape index (κ1) is 116. The van der Waals surface area contributed by atoms with Crippen molar-refractivity contribution in [3.63, 3.8) is 0 Å². The van der Waals surface area contributed by atoms with Gasteiger partial charge < -0.3 is 47.4 Å². The topological polar surface area (TPSA) is 535 Å². The van der Waals surface area contributed by atoms with Crippen molar-refractivity contribution < 1.29 is 160 Å². The molecule has 0 aliphatic heterocycles. The maximum Gasteiger partial charge on any atom is 0.310 e. The van der Waals surface area contributed by atoms with Crippen LogP contribution in [0.1, 0.15) is 312 Å². The van der Waals surface area contributed by atoms with Crippen LogP contribution in [0.4, 0.5) is 0 Å². The first-order valence-electron chi connectivity index (χ1n) is 44.3. The van der Waals surface area contributed by atoms with E-state index in [1.807, 2.05) is 0 Å². The number of carbonyl (C=O) groups is 10. The summed E-state index contributed by atoms with van der Waals surface area (Å²) in [6.45, 7) is 17.2. The number of hydrogen-bond acceptors (Lipinski definition) is 30. The molecule has 0 heterocycles. The van der Waals surface area contributed by atoms with Crippen LogP contribution in [-0.2, 0) is 146 Å². The molecule has 0 aromatic carbocycles. The number of hydrogen-bond donors (Lipinski definition) is 5. The van der Waals surface area contributed by atoms with Crippen LogP contribution < -0.4 is 0 Å². The highest BCUT2D eigenvalue weighted by Gasteiger charge is 2.65. The first-order valence-corrected chi connectivity index (χ1v) is 51.8. The van der Waals surface area contributed by atoms with Crippen LogP contribution in [0.15, 0.2) is 0 Å². The standard InChI is InChI=1S/C21H32O7S.C20H32O7S.C15H24O7S.C14H24O7S.C13H20O7S.5CH4/c22-20(27-14-7-3-1-4-8-14)18-13-11-16(17(12-13)29(24,25)26)19(18)21(23)28-15-9-5-2-6-10-15;21-19(26-14-7-3-1-4-8-14)17-12-11-16(28(23,24)25)13-18(17)20(22)27-15-9-5-2-6-10-15;1-7(2)21-14(16)12-9-5-10(11(6-9)23(18,19)20)13(12)15(17)22-8(3)4;1-8(2)20-13(15)11-6-5-10(22(17,18)19)7-12(11)14(16)21-9(3)4;1-3-19-12(14)10-7-5-8(9(6-7)21(16,17)18)11(10)13(15)20-4-2;;;;;/h13-19H,1-12H2,(H,24,25,26);14-18H,1-13H2,(H,23,24,25);7-13H,5-6H2,1-4H3,(H,18,19,20);8-12H,5-7H2,1-4H3,(H,17,18,19);7-11H,3-6H2,1-2H3,(H,16,17,18);5*1H4. The molecule has 128 heavy (non-hydrogen) atoms. The predicted molar refractivity (Wildman–Crippen MR) is 472 cm³/mol. The molecule has 12 fully saturated rings. The minimum absolute atomic E-state index is 0. The Bertz CT molecular complexity index is 4220. The van der Waals surface area contributed by atoms with Gasteiger partial charge >= 0.3 is 59.7 Å². The van der Waals surface area contributed by atoms with Crippen molar-refractivity contribution in [1.82, 2.24) is 0 Å². The van der Waals surface area contributed by atoms with E-state index in [1.54, 1.807) is 69.2 Å². The third kappa shape index (κ3) is 31.7. The van der Waals surface area contributed by atoms with Crippen LogP contribution in [0, 0.1) is 94.7 Å². The van der Waals surface area contributed by atoms with Gasteiger partial charge in [0.15, 0.2) is 0 Å². The van der Waals surface area contributed by atoms with E-state index in [4.69, 9.17) is 47.4 Å². The molecule has 40 heteroatoms. The highest BCUT2D eigenvalue weighted by Crippen LogP contribution is 2.58. The molecule has 0 amide bonds. The van der Waals surface area contributed by atoms with E-state index in [0.717, 1.165) is 128 Å². The van der Waals surface area contributed by atoms with Crippen molar-refractivity contribution in [3.05, 3.63) is 0 Å². The van der Waals surface area contributed by atoms with Crippen LogP contribution in [0.2, 0.25) is 0 Å². The van der Waals surface area contributed by atoms with Crippen LogP contribution in [0.5, 0.6) is 0 Å². The molecule has 12 rings (SSSR count). The van der Waals surface area contributed by atoms with Gasteiger partial charge in [-0.05, 0) is 285 Å². The van der Waals surface area contributed by atoms with E-state index >= 15 is 0 Å². The lowest BCUT2D eigenvalue weighted by atomic mass is 9.78. The molecule has 5 N–H and O–H groups in total. The second-order valence-electron chi connectivity index (χ2n) is 36.6. The Hall–Kier alpha value is -5.75. The fraction of sp³-hybridized carbons (Fsp3) is 0.886. The van der Waals surface area contributed by atoms with Gasteiger partial charge in [0.25, 0.3) is 50.6 Å². The molecule has 0 aromatic rings. The van der Waals surface area contributed by atoms with Gasteiger partial charge in [0, 0.05) is 0 Å². The van der Waals surface area contributed by atoms with Gasteiger partial charge in [-0.2, -0.15) is 42.1 Å². The highest BCUT2D eigenvalue weighted by atomic mass is 32.2. The fourth-order valence-corrected chi connectivity index (χ4v) is 26.7. The zero-order valence-electron chi connectivity index (χ0n) is 72.3. The molecule has 12 aliphatic carbocycles. The minimum atomic E-state index is -4.27. The summed E-state index contributed by atoms with van der Waals surface area (Å²) in [4.78, 5) is 125. The van der Waals surface area contributed by atoms with Crippen molar-refractivity contribution in [2.45, 2.75) is 387 Å². The lowest BCUT2D eigenvalue weighted by molar-refractivity contribution is -0.170. The molecule has 0 aromatic heterocycles. The summed E-state index contributed by atoms with van der Waals surface area (Å²) in [5, 5.41) is -5.09. The van der Waals surface area contributed by atoms with Gasteiger partial charge in [-0.1, -0.05) is 62.8 Å². The maximum atomic E-state index is 13.1. The summed E-state index contributed by atoms with van der Waals surface area (Å²) in [6.07, 6.45) is 19.6. The molecular formula is C88H152O35S5. The molecule has 0 saturated heterocycles. The smallest absolute Gasteiger partial charge is 0.310 e. The molecule has 0 spiro atoms. The van der Waals surface area contributed by atoms with Crippen molar-refractivity contribution >= 4 is 110 Å². The van der Waals surface area contributed by atoms with E-state index in [0.29, 0.717) is 19.3 Å². The Morgan fingerprint density at radius 1 is 0.258 bits per heavy atom. The van der Waals surface area contributed by atoms with Gasteiger partial charge in [0.05, 0.1) is 123 Å². The molecule has 0 radical (unpaired) electrons. The van der Waals surface area contributed by atoms with Crippen LogP contribution >= 0.6 is 0 Å². The first-order chi connectivity index (χ1) is 57.5. The molecule has 35 nitrogen and oxygen atoms in total. The zero-order chi connectivity index (χ0) is 91.1. The van der Waals surface area contributed by atoms with Crippen molar-refractivity contribution in [1.29, 1.82) is 0 Å². The number of ether oxygens (including phenoxy) is 10. The number of esters is 10. The molecular weight excluding hydrogens is 1780 g/mol. The lowest BCUT2D eigenvalue weighted by Gasteiger charge is -2.34. The lowest BCUT2D eigenvalue weighted by Crippen LogP contribution is -2.45. The largest absolute Gasteiger partial charge is 0.466 e. The van der Waals surface area contributed by atoms with Crippen LogP contribution in [0.25, 0.3) is 0 Å². The average Bonchev–Trinajstić information content (AvgIpc) is 1.59. The van der Waals surface area contributed by atoms with E-state index in [9.17, 15) is 113 Å². The fourth-order valence-electron chi connectivity index (χ4n) is 21.3. The van der Waals surface area contributed by atoms with Crippen LogP contribution in [-0.4, -0.2) is 213 Å². The van der Waals surface area contributed by atoms with Gasteiger partial charge in [-0.3, -0.25) is 70.7 Å². The number of fused-ring (bicyclic) bond motifs is 6. The van der Waals surface area contributed by atoms with E-state index < -0.39 is 207 Å². The average molecular weight is 1930 g/mol. The quantitative estimate of drug-likeness (QED) is 0.0322. The summed E-state index contributed by atoms with van der Waals surface area (Å²) in [7, 11) is -21.3. The van der Waals surface area contributed by atoms with Crippen molar-refractivity contribution in [3.8, 4) is 0 Å². The normalized spacial score (nSPS) is 31.0. The van der Waals surface area contributed by atoms with E-state index in [1.165, 1.54) is 0 Å². The van der Waals surface area contributed by atoms with Crippen molar-refractivity contribution in [2.75, 3.05) is 13.2 Å². The summed E-state index contributed by atoms with van der Waals surface area (Å²) < 4.78 is 216. The second kappa shape index (κ2) is 51.1. The molecule has 6 bridgehead atoms. The summed E-state index contributed by atoms with van der Waals surface area (Å²) in [6, 6.07) is 0. The Morgan fingerprint density at radius 2 is 0.484 bits per heavy atom. The Morgan fingerprint density at radius 3 is 0.781 bits per heavy atom. The molecule has 744 valence electrons. The predicted octanol–water partition coefficient (Wildman–Crippen LogP) is 13.5. The van der Waals surface area contributed by atoms with Gasteiger partial charge in [-0.15, -0.1) is 0 Å². The Kier molecular flexibility index (Phi) is 46.5. The molecule has 21 atom stereocenters. The molecule has 12 saturated carbocycles. The van der Waals surface area contributed by atoms with E-state index in [-0.39, 0.29) is 181 Å². The highest BCUT2D eigenvalue weighted by molar-refractivity contribution is 7.87. The molecule has 12 aliphatic rings. The second-order valence-corrected chi connectivity index (χ2v) is 44.9. The third-order valence-corrected chi connectivity index (χ3v) is 33.1. The van der Waals surface area contributed by atoms with Crippen molar-refractivity contribution in [2.24, 2.45) is 94.7 Å². The summed E-state index contributed by atoms with van der Waals surface area (Å²) in [5.74, 6) is -15.6. The third-order valence-electron chi connectivity index (χ3n) is 26.6. The van der Waals surface area contributed by atoms with Gasteiger partial charge in [0.1, 0.15) is 24.4 Å². The zero-order valence-corrected chi connectivity index (χ0v) is 76.4. The maximum absolute atomic E-state index is 13.1. The monoisotopic (exact) mass is 1930 g/mol. The number of carbonyl (C=O) groups excluding carboxylic acids is 10. The minimum Gasteiger partial charge on any atom is -0.466 e. The summed E-state index contributed by atoms with van der Waals surface area (Å²) in [5.41, 5.74) is 0. The van der Waals surface area contributed by atoms with Crippen LogP contribution in [0.3, 0.4) is 0 Å². The number of rotatable bonds is 25. The van der Waals surface area contributed by atoms with E-state index in [2.05, 4.69) is 0 Å².